The van der Waals surface area contributed by atoms with Crippen molar-refractivity contribution in [1.82, 2.24) is 19.4 Å². The van der Waals surface area contributed by atoms with Gasteiger partial charge in [0.25, 0.3) is 5.91 Å². The van der Waals surface area contributed by atoms with Crippen LogP contribution in [-0.2, 0) is 19.8 Å². The summed E-state index contributed by atoms with van der Waals surface area (Å²) in [6.07, 6.45) is -1.10. The van der Waals surface area contributed by atoms with Crippen LogP contribution in [0, 0.1) is 18.8 Å². The Morgan fingerprint density at radius 3 is 2.47 bits per heavy atom. The van der Waals surface area contributed by atoms with Gasteiger partial charge < -0.3 is 14.8 Å². The van der Waals surface area contributed by atoms with E-state index in [1.807, 2.05) is 25.9 Å². The maximum absolute atomic E-state index is 13.9. The molecule has 0 radical (unpaired) electrons. The van der Waals surface area contributed by atoms with Crippen LogP contribution in [0.3, 0.4) is 0 Å². The molecule has 0 aliphatic carbocycles. The summed E-state index contributed by atoms with van der Waals surface area (Å²) in [6, 6.07) is 9.01. The Balaban J connectivity index is 1.52. The third-order valence-electron chi connectivity index (χ3n) is 6.19. The van der Waals surface area contributed by atoms with Gasteiger partial charge in [-0.3, -0.25) is 9.69 Å². The minimum Gasteiger partial charge on any atom is -0.339 e. The van der Waals surface area contributed by atoms with Crippen molar-refractivity contribution >= 4 is 11.6 Å². The average molecular weight is 496 g/mol. The SMILES string of the molecule is Cc1ccc(C(=O)Nc2ccc(CN3CCN(C)CC3)c(C(F)(F)F)c2)cc1C#Cc1cn(C)cn1. The first kappa shape index (κ1) is 25.5. The van der Waals surface area contributed by atoms with Gasteiger partial charge in [0.1, 0.15) is 5.69 Å². The van der Waals surface area contributed by atoms with Gasteiger partial charge in [-0.15, -0.1) is 0 Å². The number of benzene rings is 2. The minimum absolute atomic E-state index is 0.0937. The molecule has 2 heterocycles. The van der Waals surface area contributed by atoms with Gasteiger partial charge in [0.15, 0.2) is 0 Å². The lowest BCUT2D eigenvalue weighted by Gasteiger charge is -2.33. The molecular weight excluding hydrogens is 467 g/mol. The van der Waals surface area contributed by atoms with Crippen LogP contribution in [0.25, 0.3) is 0 Å². The molecule has 1 saturated heterocycles. The molecule has 1 aliphatic heterocycles. The van der Waals surface area contributed by atoms with Gasteiger partial charge in [-0.25, -0.2) is 4.98 Å². The highest BCUT2D eigenvalue weighted by Crippen LogP contribution is 2.34. The van der Waals surface area contributed by atoms with Crippen LogP contribution >= 0.6 is 0 Å². The second-order valence-electron chi connectivity index (χ2n) is 9.11. The summed E-state index contributed by atoms with van der Waals surface area (Å²) in [5, 5.41) is 2.61. The molecule has 188 valence electrons. The van der Waals surface area contributed by atoms with E-state index in [1.165, 1.54) is 12.1 Å². The number of carbonyl (C=O) groups is 1. The van der Waals surface area contributed by atoms with Crippen LogP contribution in [0.1, 0.15) is 38.3 Å². The lowest BCUT2D eigenvalue weighted by Crippen LogP contribution is -2.44. The summed E-state index contributed by atoms with van der Waals surface area (Å²) in [5.41, 5.74) is 1.99. The van der Waals surface area contributed by atoms with Gasteiger partial charge >= 0.3 is 6.18 Å². The molecule has 0 spiro atoms. The zero-order chi connectivity index (χ0) is 25.9. The van der Waals surface area contributed by atoms with Gasteiger partial charge in [0.2, 0.25) is 0 Å². The van der Waals surface area contributed by atoms with Crippen molar-refractivity contribution in [3.63, 3.8) is 0 Å². The third kappa shape index (κ3) is 6.33. The fourth-order valence-electron chi connectivity index (χ4n) is 4.01. The fraction of sp³-hybridized carbons (Fsp3) is 0.333. The highest BCUT2D eigenvalue weighted by Gasteiger charge is 2.34. The minimum atomic E-state index is -4.53. The maximum Gasteiger partial charge on any atom is 0.416 e. The van der Waals surface area contributed by atoms with Gasteiger partial charge in [0, 0.05) is 62.8 Å². The van der Waals surface area contributed by atoms with E-state index in [9.17, 15) is 18.0 Å². The van der Waals surface area contributed by atoms with Gasteiger partial charge in [-0.2, -0.15) is 13.2 Å². The molecule has 4 rings (SSSR count). The number of aryl methyl sites for hydroxylation is 2. The lowest BCUT2D eigenvalue weighted by molar-refractivity contribution is -0.138. The second kappa shape index (κ2) is 10.6. The largest absolute Gasteiger partial charge is 0.416 e. The molecule has 1 amide bonds. The quantitative estimate of drug-likeness (QED) is 0.553. The first-order valence-corrected chi connectivity index (χ1v) is 11.6. The Hall–Kier alpha value is -3.61. The van der Waals surface area contributed by atoms with Crippen molar-refractivity contribution in [3.05, 3.63) is 82.4 Å². The molecule has 6 nitrogen and oxygen atoms in total. The van der Waals surface area contributed by atoms with Crippen LogP contribution in [0.15, 0.2) is 48.9 Å². The number of hydrogen-bond donors (Lipinski definition) is 1. The number of halogens is 3. The molecule has 1 fully saturated rings. The zero-order valence-electron chi connectivity index (χ0n) is 20.5. The molecule has 1 aromatic heterocycles. The molecule has 0 atom stereocenters. The van der Waals surface area contributed by atoms with E-state index in [0.29, 0.717) is 29.9 Å². The van der Waals surface area contributed by atoms with Crippen molar-refractivity contribution in [3.8, 4) is 11.8 Å². The first-order valence-electron chi connectivity index (χ1n) is 11.6. The van der Waals surface area contributed by atoms with Crippen molar-refractivity contribution in [2.75, 3.05) is 38.5 Å². The van der Waals surface area contributed by atoms with E-state index < -0.39 is 17.6 Å². The zero-order valence-corrected chi connectivity index (χ0v) is 20.5. The Kier molecular flexibility index (Phi) is 7.48. The number of amides is 1. The van der Waals surface area contributed by atoms with Crippen molar-refractivity contribution in [1.29, 1.82) is 0 Å². The molecular formula is C27H28F3N5O. The predicted octanol–water partition coefficient (Wildman–Crippen LogP) is 4.15. The highest BCUT2D eigenvalue weighted by molar-refractivity contribution is 6.04. The lowest BCUT2D eigenvalue weighted by atomic mass is 10.0. The van der Waals surface area contributed by atoms with Crippen molar-refractivity contribution < 1.29 is 18.0 Å². The second-order valence-corrected chi connectivity index (χ2v) is 9.11. The summed E-state index contributed by atoms with van der Waals surface area (Å²) < 4.78 is 43.4. The van der Waals surface area contributed by atoms with E-state index in [2.05, 4.69) is 27.0 Å². The standard InChI is InChI=1S/C27H28F3N5O/c1-19-4-5-21(14-20(19)6-9-24-17-34(3)18-31-24)26(36)32-23-8-7-22(25(15-23)27(28,29)30)16-35-12-10-33(2)11-13-35/h4-5,7-8,14-15,17-18H,10-13,16H2,1-3H3,(H,32,36). The normalized spacial score (nSPS) is 14.8. The van der Waals surface area contributed by atoms with Gasteiger partial charge in [-0.1, -0.05) is 18.1 Å². The van der Waals surface area contributed by atoms with Gasteiger partial charge in [-0.05, 0) is 55.3 Å². The Morgan fingerprint density at radius 1 is 1.06 bits per heavy atom. The first-order chi connectivity index (χ1) is 17.1. The van der Waals surface area contributed by atoms with Crippen LogP contribution in [0.4, 0.5) is 18.9 Å². The molecule has 1 N–H and O–H groups in total. The van der Waals surface area contributed by atoms with E-state index in [0.717, 1.165) is 24.7 Å². The summed E-state index contributed by atoms with van der Waals surface area (Å²) in [7, 11) is 3.84. The number of hydrogen-bond acceptors (Lipinski definition) is 4. The highest BCUT2D eigenvalue weighted by atomic mass is 19.4. The summed E-state index contributed by atoms with van der Waals surface area (Å²) in [5.74, 6) is 5.47. The third-order valence-corrected chi connectivity index (χ3v) is 6.19. The predicted molar refractivity (Wildman–Crippen MR) is 133 cm³/mol. The van der Waals surface area contributed by atoms with Crippen LogP contribution < -0.4 is 5.32 Å². The maximum atomic E-state index is 13.9. The number of carbonyl (C=O) groups excluding carboxylic acids is 1. The molecule has 9 heteroatoms. The number of imidazole rings is 1. The molecule has 2 aromatic carbocycles. The number of nitrogens with one attached hydrogen (secondary N) is 1. The molecule has 1 aliphatic rings. The number of piperazine rings is 1. The number of nitrogens with zero attached hydrogens (tertiary/aromatic N) is 4. The smallest absolute Gasteiger partial charge is 0.339 e. The van der Waals surface area contributed by atoms with E-state index in [4.69, 9.17) is 0 Å². The fourth-order valence-corrected chi connectivity index (χ4v) is 4.01. The Bertz CT molecular complexity index is 1310. The van der Waals surface area contributed by atoms with Crippen molar-refractivity contribution in [2.45, 2.75) is 19.6 Å². The Labute approximate surface area is 208 Å². The van der Waals surface area contributed by atoms with E-state index >= 15 is 0 Å². The number of alkyl halides is 3. The summed E-state index contributed by atoms with van der Waals surface area (Å²) >= 11 is 0. The molecule has 36 heavy (non-hydrogen) atoms. The summed E-state index contributed by atoms with van der Waals surface area (Å²) in [4.78, 5) is 21.2. The number of likely N-dealkylation sites (N-methyl/N-ethyl adjacent to an activating group) is 1. The van der Waals surface area contributed by atoms with Gasteiger partial charge in [0.05, 0.1) is 11.9 Å². The van der Waals surface area contributed by atoms with E-state index in [1.54, 1.807) is 35.3 Å². The van der Waals surface area contributed by atoms with Crippen LogP contribution in [0.2, 0.25) is 0 Å². The monoisotopic (exact) mass is 495 g/mol. The number of rotatable bonds is 4. The van der Waals surface area contributed by atoms with Crippen molar-refractivity contribution in [2.24, 2.45) is 7.05 Å². The molecule has 0 unspecified atom stereocenters. The number of aromatic nitrogens is 2. The van der Waals surface area contributed by atoms with Crippen LogP contribution in [0.5, 0.6) is 0 Å². The Morgan fingerprint density at radius 2 is 1.81 bits per heavy atom. The summed E-state index contributed by atoms with van der Waals surface area (Å²) in [6.45, 7) is 5.16. The molecule has 3 aromatic rings. The topological polar surface area (TPSA) is 53.4 Å². The van der Waals surface area contributed by atoms with E-state index in [-0.39, 0.29) is 17.8 Å². The molecule has 0 saturated carbocycles. The van der Waals surface area contributed by atoms with Crippen LogP contribution in [-0.4, -0.2) is 58.5 Å². The number of anilines is 1. The average Bonchev–Trinajstić information content (AvgIpc) is 3.25. The molecule has 0 bridgehead atoms.